The second-order valence-electron chi connectivity index (χ2n) is 7.07. The maximum Gasteiger partial charge on any atom is 0.263 e. The van der Waals surface area contributed by atoms with Crippen LogP contribution in [0.2, 0.25) is 0 Å². The summed E-state index contributed by atoms with van der Waals surface area (Å²) in [6.07, 6.45) is 1.54. The molecule has 5 rings (SSSR count). The van der Waals surface area contributed by atoms with Crippen LogP contribution in [0.4, 0.5) is 16.5 Å². The van der Waals surface area contributed by atoms with Crippen LogP contribution in [-0.4, -0.2) is 23.5 Å². The van der Waals surface area contributed by atoms with E-state index < -0.39 is 10.0 Å². The third kappa shape index (κ3) is 4.49. The molecule has 0 atom stereocenters. The van der Waals surface area contributed by atoms with Crippen LogP contribution in [0.15, 0.2) is 89.3 Å². The molecule has 0 unspecified atom stereocenters. The highest BCUT2D eigenvalue weighted by Crippen LogP contribution is 2.30. The lowest BCUT2D eigenvalue weighted by atomic mass is 10.1. The number of sulfonamides is 1. The van der Waals surface area contributed by atoms with Gasteiger partial charge in [-0.25, -0.2) is 18.4 Å². The lowest BCUT2D eigenvalue weighted by molar-refractivity contribution is 0.601. The number of thiocarbonyl (C=S) groups is 1. The quantitative estimate of drug-likeness (QED) is 0.222. The number of nitrogens with zero attached hydrogens (tertiary/aromatic N) is 2. The van der Waals surface area contributed by atoms with Crippen LogP contribution in [0, 0.1) is 0 Å². The van der Waals surface area contributed by atoms with Gasteiger partial charge in [0.05, 0.1) is 21.6 Å². The van der Waals surface area contributed by atoms with E-state index in [1.165, 1.54) is 23.5 Å². The molecule has 0 bridgehead atoms. The van der Waals surface area contributed by atoms with Gasteiger partial charge in [0.2, 0.25) is 0 Å². The first kappa shape index (κ1) is 21.3. The van der Waals surface area contributed by atoms with Crippen molar-refractivity contribution in [1.82, 2.24) is 9.97 Å². The molecule has 33 heavy (non-hydrogen) atoms. The summed E-state index contributed by atoms with van der Waals surface area (Å²) >= 11 is 6.76. The van der Waals surface area contributed by atoms with Gasteiger partial charge >= 0.3 is 0 Å². The molecule has 2 heterocycles. The molecule has 0 saturated carbocycles. The van der Waals surface area contributed by atoms with Gasteiger partial charge in [-0.2, -0.15) is 0 Å². The van der Waals surface area contributed by atoms with Gasteiger partial charge in [0.1, 0.15) is 0 Å². The van der Waals surface area contributed by atoms with Gasteiger partial charge in [0, 0.05) is 28.0 Å². The number of hydrogen-bond donors (Lipinski definition) is 3. The van der Waals surface area contributed by atoms with Crippen molar-refractivity contribution in [3.05, 3.63) is 84.4 Å². The van der Waals surface area contributed by atoms with Gasteiger partial charge in [0.15, 0.2) is 10.2 Å². The number of anilines is 3. The molecule has 0 aliphatic rings. The van der Waals surface area contributed by atoms with Crippen molar-refractivity contribution in [2.24, 2.45) is 0 Å². The molecule has 0 radical (unpaired) electrons. The zero-order valence-corrected chi connectivity index (χ0v) is 19.5. The van der Waals surface area contributed by atoms with Gasteiger partial charge in [-0.1, -0.05) is 36.4 Å². The fourth-order valence-corrected chi connectivity index (χ4v) is 5.42. The summed E-state index contributed by atoms with van der Waals surface area (Å²) in [4.78, 5) is 8.80. The molecule has 3 aromatic carbocycles. The Morgan fingerprint density at radius 2 is 1.48 bits per heavy atom. The third-order valence-electron chi connectivity index (χ3n) is 4.90. The molecule has 0 saturated heterocycles. The maximum atomic E-state index is 12.5. The highest BCUT2D eigenvalue weighted by Gasteiger charge is 2.16. The number of nitrogens with one attached hydrogen (secondary N) is 3. The zero-order valence-electron chi connectivity index (χ0n) is 17.0. The zero-order chi connectivity index (χ0) is 22.8. The van der Waals surface area contributed by atoms with Gasteiger partial charge in [-0.15, -0.1) is 11.3 Å². The third-order valence-corrected chi connectivity index (χ3v) is 7.28. The summed E-state index contributed by atoms with van der Waals surface area (Å²) in [6.45, 7) is 0. The topological polar surface area (TPSA) is 96.0 Å². The Morgan fingerprint density at radius 1 is 0.848 bits per heavy atom. The van der Waals surface area contributed by atoms with Gasteiger partial charge in [-0.05, 0) is 48.6 Å². The van der Waals surface area contributed by atoms with Crippen LogP contribution in [0.1, 0.15) is 0 Å². The van der Waals surface area contributed by atoms with E-state index in [1.54, 1.807) is 23.7 Å². The van der Waals surface area contributed by atoms with Crippen LogP contribution in [0.3, 0.4) is 0 Å². The van der Waals surface area contributed by atoms with Crippen molar-refractivity contribution in [3.8, 4) is 0 Å². The summed E-state index contributed by atoms with van der Waals surface area (Å²) in [5.41, 5.74) is 3.25. The minimum absolute atomic E-state index is 0.133. The lowest BCUT2D eigenvalue weighted by Crippen LogP contribution is -2.19. The van der Waals surface area contributed by atoms with Crippen LogP contribution in [-0.2, 0) is 10.0 Å². The van der Waals surface area contributed by atoms with Crippen molar-refractivity contribution in [1.29, 1.82) is 0 Å². The SMILES string of the molecule is O=S(=O)(Nc1nccs1)c1ccc(NC(=S)Nc2c3ccccc3nc3ccccc23)cc1. The molecule has 164 valence electrons. The Bertz CT molecular complexity index is 1510. The lowest BCUT2D eigenvalue weighted by Gasteiger charge is -2.15. The number of rotatable bonds is 5. The summed E-state index contributed by atoms with van der Waals surface area (Å²) in [6, 6.07) is 22.1. The Hall–Kier alpha value is -3.60. The minimum atomic E-state index is -3.71. The van der Waals surface area contributed by atoms with E-state index in [-0.39, 0.29) is 4.90 Å². The molecule has 7 nitrogen and oxygen atoms in total. The summed E-state index contributed by atoms with van der Waals surface area (Å²) in [7, 11) is -3.71. The number of benzene rings is 3. The van der Waals surface area contributed by atoms with Gasteiger partial charge < -0.3 is 10.6 Å². The normalized spacial score (nSPS) is 11.4. The molecule has 0 spiro atoms. The first-order valence-corrected chi connectivity index (χ1v) is 12.6. The molecule has 0 aliphatic heterocycles. The maximum absolute atomic E-state index is 12.5. The number of hydrogen-bond acceptors (Lipinski definition) is 6. The Kier molecular flexibility index (Phi) is 5.63. The molecule has 0 fully saturated rings. The second kappa shape index (κ2) is 8.74. The number of aromatic nitrogens is 2. The Labute approximate surface area is 199 Å². The standard InChI is InChI=1S/C23H17N5O2S3/c29-33(30,28-23-24-13-14-32-23)16-11-9-15(10-12-16)25-22(31)27-21-17-5-1-3-7-19(17)26-20-8-4-2-6-18(20)21/h1-14H,(H,24,28)(H2,25,26,27,31). The number of pyridine rings is 1. The van der Waals surface area contributed by atoms with Crippen LogP contribution >= 0.6 is 23.6 Å². The van der Waals surface area contributed by atoms with Crippen molar-refractivity contribution in [2.75, 3.05) is 15.4 Å². The highest BCUT2D eigenvalue weighted by molar-refractivity contribution is 7.93. The highest BCUT2D eigenvalue weighted by atomic mass is 32.2. The average molecular weight is 492 g/mol. The number of para-hydroxylation sites is 2. The fourth-order valence-electron chi connectivity index (χ4n) is 3.42. The Balaban J connectivity index is 1.37. The van der Waals surface area contributed by atoms with Crippen molar-refractivity contribution in [3.63, 3.8) is 0 Å². The van der Waals surface area contributed by atoms with Crippen molar-refractivity contribution < 1.29 is 8.42 Å². The van der Waals surface area contributed by atoms with E-state index in [1.807, 2.05) is 48.5 Å². The minimum Gasteiger partial charge on any atom is -0.332 e. The van der Waals surface area contributed by atoms with Crippen LogP contribution in [0.5, 0.6) is 0 Å². The molecule has 3 N–H and O–H groups in total. The van der Waals surface area contributed by atoms with E-state index in [0.29, 0.717) is 15.9 Å². The van der Waals surface area contributed by atoms with Gasteiger partial charge in [-0.3, -0.25) is 4.72 Å². The van der Waals surface area contributed by atoms with E-state index >= 15 is 0 Å². The summed E-state index contributed by atoms with van der Waals surface area (Å²) in [5, 5.41) is 10.7. The van der Waals surface area contributed by atoms with E-state index in [4.69, 9.17) is 17.2 Å². The van der Waals surface area contributed by atoms with Gasteiger partial charge in [0.25, 0.3) is 10.0 Å². The Morgan fingerprint density at radius 3 is 2.09 bits per heavy atom. The van der Waals surface area contributed by atoms with Crippen molar-refractivity contribution in [2.45, 2.75) is 4.90 Å². The predicted octanol–water partition coefficient (Wildman–Crippen LogP) is 5.45. The molecule has 0 aliphatic carbocycles. The van der Waals surface area contributed by atoms with E-state index in [2.05, 4.69) is 20.3 Å². The molecular formula is C23H17N5O2S3. The molecule has 0 amide bonds. The largest absolute Gasteiger partial charge is 0.332 e. The summed E-state index contributed by atoms with van der Waals surface area (Å²) < 4.78 is 27.5. The molecule has 5 aromatic rings. The predicted molar refractivity (Wildman–Crippen MR) is 138 cm³/mol. The number of fused-ring (bicyclic) bond motifs is 2. The second-order valence-corrected chi connectivity index (χ2v) is 10.1. The monoisotopic (exact) mass is 491 g/mol. The fraction of sp³-hybridized carbons (Fsp3) is 0. The smallest absolute Gasteiger partial charge is 0.263 e. The first-order valence-electron chi connectivity index (χ1n) is 9.87. The molecular weight excluding hydrogens is 474 g/mol. The first-order chi connectivity index (χ1) is 16.0. The van der Waals surface area contributed by atoms with E-state index in [0.717, 1.165) is 27.5 Å². The van der Waals surface area contributed by atoms with E-state index in [9.17, 15) is 8.42 Å². The number of thiazole rings is 1. The van der Waals surface area contributed by atoms with Crippen LogP contribution < -0.4 is 15.4 Å². The van der Waals surface area contributed by atoms with Crippen LogP contribution in [0.25, 0.3) is 21.8 Å². The molecule has 2 aromatic heterocycles. The molecule has 10 heteroatoms. The summed E-state index contributed by atoms with van der Waals surface area (Å²) in [5.74, 6) is 0. The van der Waals surface area contributed by atoms with Crippen molar-refractivity contribution >= 4 is 77.0 Å². The average Bonchev–Trinajstić information content (AvgIpc) is 3.31.